The maximum Gasteiger partial charge on any atom is 0.287 e. The molecule has 0 bridgehead atoms. The van der Waals surface area contributed by atoms with Gasteiger partial charge in [-0.3, -0.25) is 14.2 Å². The first-order valence-electron chi connectivity index (χ1n) is 15.5. The number of aromatic nitrogens is 10. The molecule has 2 aromatic carbocycles. The van der Waals surface area contributed by atoms with Crippen LogP contribution in [-0.4, -0.2) is 56.9 Å². The van der Waals surface area contributed by atoms with E-state index in [-0.39, 0.29) is 47.9 Å². The van der Waals surface area contributed by atoms with Gasteiger partial charge in [0.05, 0.1) is 44.0 Å². The van der Waals surface area contributed by atoms with Crippen LogP contribution in [0.2, 0.25) is 0 Å². The number of hydrogen-bond donors (Lipinski definition) is 1. The summed E-state index contributed by atoms with van der Waals surface area (Å²) in [7, 11) is 1.31. The van der Waals surface area contributed by atoms with E-state index >= 15 is 0 Å². The van der Waals surface area contributed by atoms with Gasteiger partial charge >= 0.3 is 0 Å². The SMILES string of the molecule is COc1nc(-c2cc(-c3ccon3)n(Cc3ccccc3F)n2)ncc1F.O=c1[nH]c(-c2cc(-c3ccon3)n(Cc3ccccc3F)n2)ncc1F. The third kappa shape index (κ3) is 7.46. The van der Waals surface area contributed by atoms with Crippen LogP contribution in [0.4, 0.5) is 17.6 Å². The van der Waals surface area contributed by atoms with Crippen LogP contribution in [0.15, 0.2) is 112 Å². The average molecular weight is 725 g/mol. The second kappa shape index (κ2) is 14.9. The summed E-state index contributed by atoms with van der Waals surface area (Å²) in [4.78, 5) is 25.6. The van der Waals surface area contributed by atoms with Crippen LogP contribution in [0, 0.1) is 23.3 Å². The average Bonchev–Trinajstić information content (AvgIpc) is 4.00. The summed E-state index contributed by atoms with van der Waals surface area (Å²) in [6, 6.07) is 19.3. The zero-order valence-corrected chi connectivity index (χ0v) is 27.3. The summed E-state index contributed by atoms with van der Waals surface area (Å²) in [5, 5.41) is 16.6. The molecular formula is C35H24F4N10O4. The van der Waals surface area contributed by atoms with Crippen LogP contribution in [-0.2, 0) is 13.1 Å². The third-order valence-corrected chi connectivity index (χ3v) is 7.65. The lowest BCUT2D eigenvalue weighted by atomic mass is 10.2. The number of ether oxygens (including phenoxy) is 1. The van der Waals surface area contributed by atoms with Crippen LogP contribution in [0.1, 0.15) is 11.1 Å². The van der Waals surface area contributed by atoms with Gasteiger partial charge in [-0.25, -0.2) is 18.7 Å². The monoisotopic (exact) mass is 724 g/mol. The van der Waals surface area contributed by atoms with E-state index in [1.54, 1.807) is 65.3 Å². The Morgan fingerprint density at radius 2 is 1.23 bits per heavy atom. The van der Waals surface area contributed by atoms with E-state index in [2.05, 4.69) is 40.4 Å². The molecule has 14 nitrogen and oxygen atoms in total. The Hall–Kier alpha value is -7.24. The van der Waals surface area contributed by atoms with Crippen LogP contribution < -0.4 is 10.3 Å². The minimum atomic E-state index is -0.990. The summed E-state index contributed by atoms with van der Waals surface area (Å²) in [6.45, 7) is 0.285. The van der Waals surface area contributed by atoms with Crippen LogP contribution in [0.5, 0.6) is 5.88 Å². The summed E-state index contributed by atoms with van der Waals surface area (Å²) >= 11 is 0. The molecule has 6 aromatic heterocycles. The number of aromatic amines is 1. The highest BCUT2D eigenvalue weighted by atomic mass is 19.1. The topological polar surface area (TPSA) is 168 Å². The maximum atomic E-state index is 14.1. The molecule has 1 N–H and O–H groups in total. The largest absolute Gasteiger partial charge is 0.479 e. The number of rotatable bonds is 9. The molecule has 18 heteroatoms. The molecule has 6 heterocycles. The quantitative estimate of drug-likeness (QED) is 0.175. The van der Waals surface area contributed by atoms with Crippen molar-refractivity contribution in [2.75, 3.05) is 7.11 Å². The lowest BCUT2D eigenvalue weighted by molar-refractivity contribution is 0.367. The fraction of sp³-hybridized carbons (Fsp3) is 0.0857. The van der Waals surface area contributed by atoms with E-state index in [1.165, 1.54) is 36.5 Å². The highest BCUT2D eigenvalue weighted by Crippen LogP contribution is 2.27. The van der Waals surface area contributed by atoms with E-state index in [0.29, 0.717) is 39.6 Å². The van der Waals surface area contributed by atoms with Crippen molar-refractivity contribution in [3.05, 3.63) is 142 Å². The zero-order valence-electron chi connectivity index (χ0n) is 27.3. The van der Waals surface area contributed by atoms with E-state index in [0.717, 1.165) is 12.4 Å². The molecule has 0 radical (unpaired) electrons. The Labute approximate surface area is 295 Å². The van der Waals surface area contributed by atoms with Gasteiger partial charge in [0.15, 0.2) is 11.6 Å². The number of halogens is 4. The van der Waals surface area contributed by atoms with E-state index < -0.39 is 17.2 Å². The molecule has 0 saturated heterocycles. The minimum absolute atomic E-state index is 0.0911. The van der Waals surface area contributed by atoms with Crippen molar-refractivity contribution in [3.8, 4) is 51.7 Å². The molecule has 53 heavy (non-hydrogen) atoms. The predicted molar refractivity (Wildman–Crippen MR) is 178 cm³/mol. The molecule has 0 spiro atoms. The van der Waals surface area contributed by atoms with Crippen molar-refractivity contribution in [1.82, 2.24) is 49.8 Å². The van der Waals surface area contributed by atoms with Crippen molar-refractivity contribution < 1.29 is 31.3 Å². The van der Waals surface area contributed by atoms with Gasteiger partial charge in [0.1, 0.15) is 46.9 Å². The van der Waals surface area contributed by atoms with Crippen molar-refractivity contribution >= 4 is 0 Å². The van der Waals surface area contributed by atoms with Gasteiger partial charge in [0.2, 0.25) is 11.6 Å². The molecular weight excluding hydrogens is 700 g/mol. The van der Waals surface area contributed by atoms with Crippen LogP contribution in [0.25, 0.3) is 45.8 Å². The molecule has 0 aliphatic carbocycles. The van der Waals surface area contributed by atoms with Gasteiger partial charge in [-0.1, -0.05) is 46.7 Å². The molecule has 0 atom stereocenters. The maximum absolute atomic E-state index is 14.1. The fourth-order valence-corrected chi connectivity index (χ4v) is 5.10. The van der Waals surface area contributed by atoms with E-state index in [4.69, 9.17) is 13.8 Å². The molecule has 0 aliphatic heterocycles. The molecule has 266 valence electrons. The van der Waals surface area contributed by atoms with Crippen LogP contribution >= 0.6 is 0 Å². The van der Waals surface area contributed by atoms with Gasteiger partial charge in [-0.05, 0) is 24.3 Å². The number of methoxy groups -OCH3 is 1. The Bertz CT molecular complexity index is 2550. The number of H-pyrrole nitrogens is 1. The van der Waals surface area contributed by atoms with Crippen molar-refractivity contribution in [2.45, 2.75) is 13.1 Å². The fourth-order valence-electron chi connectivity index (χ4n) is 5.10. The second-order valence-corrected chi connectivity index (χ2v) is 11.1. The molecule has 0 fully saturated rings. The van der Waals surface area contributed by atoms with Gasteiger partial charge in [-0.15, -0.1) is 0 Å². The first-order valence-corrected chi connectivity index (χ1v) is 15.5. The Morgan fingerprint density at radius 3 is 1.75 bits per heavy atom. The summed E-state index contributed by atoms with van der Waals surface area (Å²) < 4.78 is 72.5. The molecule has 0 saturated carbocycles. The first kappa shape index (κ1) is 34.2. The van der Waals surface area contributed by atoms with E-state index in [9.17, 15) is 22.4 Å². The highest BCUT2D eigenvalue weighted by Gasteiger charge is 2.19. The predicted octanol–water partition coefficient (Wildman–Crippen LogP) is 5.95. The minimum Gasteiger partial charge on any atom is -0.479 e. The summed E-state index contributed by atoms with van der Waals surface area (Å²) in [5.41, 5.74) is 2.73. The smallest absolute Gasteiger partial charge is 0.287 e. The van der Waals surface area contributed by atoms with Crippen molar-refractivity contribution in [3.63, 3.8) is 0 Å². The number of nitrogens with zero attached hydrogens (tertiary/aromatic N) is 9. The second-order valence-electron chi connectivity index (χ2n) is 11.1. The Kier molecular flexibility index (Phi) is 9.64. The number of benzene rings is 2. The molecule has 0 unspecified atom stereocenters. The zero-order chi connectivity index (χ0) is 36.9. The number of hydrogen-bond acceptors (Lipinski definition) is 11. The first-order chi connectivity index (χ1) is 25.8. The summed E-state index contributed by atoms with van der Waals surface area (Å²) in [5.74, 6) is -2.31. The summed E-state index contributed by atoms with van der Waals surface area (Å²) in [6.07, 6.45) is 4.65. The Balaban J connectivity index is 0.000000164. The number of nitrogens with one attached hydrogen (secondary N) is 1. The van der Waals surface area contributed by atoms with Gasteiger partial charge < -0.3 is 18.8 Å². The van der Waals surface area contributed by atoms with Crippen molar-refractivity contribution in [2.24, 2.45) is 0 Å². The van der Waals surface area contributed by atoms with Gasteiger partial charge in [-0.2, -0.15) is 24.0 Å². The standard InChI is InChI=1S/C18H13F2N5O2.C17H11F2N5O2/c1-26-18-13(20)9-21-17(22-18)15-8-16(14-6-7-27-24-14)25(23-15)10-11-4-2-3-5-12(11)19;18-11-4-2-1-3-10(11)9-24-15(13-5-6-26-23-13)7-14(22-24)16-20-8-12(19)17(25)21-16/h2-9H,10H2,1H3;1-8H,9H2,(H,20,21,25). The third-order valence-electron chi connectivity index (χ3n) is 7.65. The lowest BCUT2D eigenvalue weighted by Crippen LogP contribution is -2.12. The Morgan fingerprint density at radius 1 is 0.679 bits per heavy atom. The normalized spacial score (nSPS) is 11.0. The van der Waals surface area contributed by atoms with Crippen LogP contribution in [0.3, 0.4) is 0 Å². The van der Waals surface area contributed by atoms with E-state index in [1.807, 2.05) is 0 Å². The van der Waals surface area contributed by atoms with Gasteiger partial charge in [0, 0.05) is 23.3 Å². The lowest BCUT2D eigenvalue weighted by Gasteiger charge is -2.06. The molecule has 0 aliphatic rings. The highest BCUT2D eigenvalue weighted by molar-refractivity contribution is 5.63. The molecule has 8 aromatic rings. The molecule has 8 rings (SSSR count). The molecule has 0 amide bonds. The van der Waals surface area contributed by atoms with Crippen molar-refractivity contribution in [1.29, 1.82) is 0 Å². The van der Waals surface area contributed by atoms with Gasteiger partial charge in [0.25, 0.3) is 11.4 Å².